The molecule has 16 heavy (non-hydrogen) atoms. The quantitative estimate of drug-likeness (QED) is 0.736. The van der Waals surface area contributed by atoms with Gasteiger partial charge >= 0.3 is 0 Å². The second kappa shape index (κ2) is 6.24. The zero-order valence-corrected chi connectivity index (χ0v) is 11.6. The fourth-order valence-electron chi connectivity index (χ4n) is 1.13. The molecule has 0 saturated carbocycles. The Balaban J connectivity index is 3.50. The van der Waals surface area contributed by atoms with E-state index in [9.17, 15) is 4.79 Å². The van der Waals surface area contributed by atoms with Crippen LogP contribution in [0.1, 0.15) is 54.4 Å². The van der Waals surface area contributed by atoms with E-state index in [0.717, 1.165) is 13.0 Å². The van der Waals surface area contributed by atoms with Crippen molar-refractivity contribution in [2.45, 2.75) is 59.9 Å². The molecule has 0 spiro atoms. The van der Waals surface area contributed by atoms with Crippen molar-refractivity contribution in [3.8, 4) is 0 Å². The van der Waals surface area contributed by atoms with Crippen LogP contribution in [0.15, 0.2) is 0 Å². The summed E-state index contributed by atoms with van der Waals surface area (Å²) in [6.07, 6.45) is 1.47. The van der Waals surface area contributed by atoms with Gasteiger partial charge in [0.05, 0.1) is 6.61 Å². The Morgan fingerprint density at radius 1 is 1.06 bits per heavy atom. The Hall–Kier alpha value is -0.570. The van der Waals surface area contributed by atoms with Crippen LogP contribution in [0, 0.1) is 5.41 Å². The molecule has 0 rings (SSSR count). The number of rotatable bonds is 5. The largest absolute Gasteiger partial charge is 0.381 e. The SMILES string of the molecule is CC(C)(C)CCOCCC(=O)NC(C)(C)C. The fraction of sp³-hybridized carbons (Fsp3) is 0.923. The summed E-state index contributed by atoms with van der Waals surface area (Å²) in [6, 6.07) is 0. The molecule has 3 nitrogen and oxygen atoms in total. The molecule has 0 radical (unpaired) electrons. The Kier molecular flexibility index (Phi) is 6.01. The van der Waals surface area contributed by atoms with Crippen molar-refractivity contribution in [1.82, 2.24) is 5.32 Å². The maximum absolute atomic E-state index is 11.4. The minimum atomic E-state index is -0.150. The Morgan fingerprint density at radius 3 is 2.06 bits per heavy atom. The molecule has 1 N–H and O–H groups in total. The van der Waals surface area contributed by atoms with Crippen LogP contribution in [-0.4, -0.2) is 24.7 Å². The van der Waals surface area contributed by atoms with Gasteiger partial charge in [-0.3, -0.25) is 4.79 Å². The molecule has 3 heteroatoms. The van der Waals surface area contributed by atoms with E-state index >= 15 is 0 Å². The van der Waals surface area contributed by atoms with Crippen molar-refractivity contribution in [3.05, 3.63) is 0 Å². The molecule has 0 aromatic rings. The molecule has 0 aliphatic carbocycles. The summed E-state index contributed by atoms with van der Waals surface area (Å²) >= 11 is 0. The molecule has 0 saturated heterocycles. The highest BCUT2D eigenvalue weighted by Crippen LogP contribution is 2.17. The number of ether oxygens (including phenoxy) is 1. The number of amides is 1. The van der Waals surface area contributed by atoms with Gasteiger partial charge in [-0.1, -0.05) is 20.8 Å². The van der Waals surface area contributed by atoms with Crippen molar-refractivity contribution in [1.29, 1.82) is 0 Å². The second-order valence-corrected chi connectivity index (χ2v) is 6.47. The first-order chi connectivity index (χ1) is 7.10. The highest BCUT2D eigenvalue weighted by atomic mass is 16.5. The van der Waals surface area contributed by atoms with Gasteiger partial charge in [-0.15, -0.1) is 0 Å². The summed E-state index contributed by atoms with van der Waals surface area (Å²) in [6.45, 7) is 13.7. The molecule has 0 bridgehead atoms. The van der Waals surface area contributed by atoms with Crippen LogP contribution in [0.3, 0.4) is 0 Å². The molecule has 0 aromatic heterocycles. The van der Waals surface area contributed by atoms with Crippen LogP contribution in [0.2, 0.25) is 0 Å². The molecule has 0 atom stereocenters. The molecular weight excluding hydrogens is 202 g/mol. The third kappa shape index (κ3) is 11.5. The third-order valence-corrected chi connectivity index (χ3v) is 1.98. The fourth-order valence-corrected chi connectivity index (χ4v) is 1.13. The standard InChI is InChI=1S/C13H27NO2/c1-12(2,3)8-10-16-9-7-11(15)14-13(4,5)6/h7-10H2,1-6H3,(H,14,15). The minimum absolute atomic E-state index is 0.0586. The van der Waals surface area contributed by atoms with Crippen molar-refractivity contribution in [2.75, 3.05) is 13.2 Å². The maximum Gasteiger partial charge on any atom is 0.222 e. The molecule has 0 heterocycles. The Bertz CT molecular complexity index is 211. The summed E-state index contributed by atoms with van der Waals surface area (Å²) in [4.78, 5) is 11.4. The first-order valence-corrected chi connectivity index (χ1v) is 5.99. The maximum atomic E-state index is 11.4. The van der Waals surface area contributed by atoms with E-state index in [1.54, 1.807) is 0 Å². The van der Waals surface area contributed by atoms with E-state index < -0.39 is 0 Å². The normalized spacial score (nSPS) is 12.6. The summed E-state index contributed by atoms with van der Waals surface area (Å²) < 4.78 is 5.43. The summed E-state index contributed by atoms with van der Waals surface area (Å²) in [7, 11) is 0. The summed E-state index contributed by atoms with van der Waals surface area (Å²) in [5.74, 6) is 0.0586. The number of nitrogens with one attached hydrogen (secondary N) is 1. The van der Waals surface area contributed by atoms with E-state index in [4.69, 9.17) is 4.74 Å². The van der Waals surface area contributed by atoms with Crippen LogP contribution >= 0.6 is 0 Å². The van der Waals surface area contributed by atoms with Crippen molar-refractivity contribution >= 4 is 5.91 Å². The number of carbonyl (C=O) groups excluding carboxylic acids is 1. The Labute approximate surface area is 99.9 Å². The van der Waals surface area contributed by atoms with Crippen LogP contribution < -0.4 is 5.32 Å². The van der Waals surface area contributed by atoms with Gasteiger partial charge in [-0.2, -0.15) is 0 Å². The number of hydrogen-bond donors (Lipinski definition) is 1. The first kappa shape index (κ1) is 15.4. The highest BCUT2D eigenvalue weighted by molar-refractivity contribution is 5.76. The molecule has 1 amide bonds. The molecule has 0 aromatic carbocycles. The molecule has 0 aliphatic heterocycles. The average Bonchev–Trinajstić information content (AvgIpc) is 1.97. The van der Waals surface area contributed by atoms with E-state index in [0.29, 0.717) is 18.4 Å². The number of carbonyl (C=O) groups is 1. The topological polar surface area (TPSA) is 38.3 Å². The Morgan fingerprint density at radius 2 is 1.62 bits per heavy atom. The third-order valence-electron chi connectivity index (χ3n) is 1.98. The van der Waals surface area contributed by atoms with E-state index in [1.807, 2.05) is 20.8 Å². The van der Waals surface area contributed by atoms with Gasteiger partial charge in [0.1, 0.15) is 0 Å². The van der Waals surface area contributed by atoms with Gasteiger partial charge < -0.3 is 10.1 Å². The lowest BCUT2D eigenvalue weighted by atomic mass is 9.93. The van der Waals surface area contributed by atoms with E-state index in [-0.39, 0.29) is 11.4 Å². The smallest absolute Gasteiger partial charge is 0.222 e. The lowest BCUT2D eigenvalue weighted by molar-refractivity contribution is -0.123. The summed E-state index contributed by atoms with van der Waals surface area (Å²) in [5.41, 5.74) is 0.149. The van der Waals surface area contributed by atoms with Crippen molar-refractivity contribution in [2.24, 2.45) is 5.41 Å². The van der Waals surface area contributed by atoms with Gasteiger partial charge in [-0.25, -0.2) is 0 Å². The molecule has 96 valence electrons. The lowest BCUT2D eigenvalue weighted by Crippen LogP contribution is -2.40. The van der Waals surface area contributed by atoms with Gasteiger partial charge in [0.25, 0.3) is 0 Å². The van der Waals surface area contributed by atoms with Crippen molar-refractivity contribution < 1.29 is 9.53 Å². The van der Waals surface area contributed by atoms with E-state index in [1.165, 1.54) is 0 Å². The van der Waals surface area contributed by atoms with Crippen LogP contribution in [0.4, 0.5) is 0 Å². The van der Waals surface area contributed by atoms with Gasteiger partial charge in [0, 0.05) is 18.6 Å². The lowest BCUT2D eigenvalue weighted by Gasteiger charge is -2.20. The molecule has 0 aliphatic rings. The molecule has 0 fully saturated rings. The van der Waals surface area contributed by atoms with Crippen molar-refractivity contribution in [3.63, 3.8) is 0 Å². The second-order valence-electron chi connectivity index (χ2n) is 6.47. The zero-order chi connectivity index (χ0) is 12.8. The minimum Gasteiger partial charge on any atom is -0.381 e. The molecule has 0 unspecified atom stereocenters. The summed E-state index contributed by atoms with van der Waals surface area (Å²) in [5, 5.41) is 2.91. The first-order valence-electron chi connectivity index (χ1n) is 5.99. The van der Waals surface area contributed by atoms with Crippen LogP contribution in [-0.2, 0) is 9.53 Å². The highest BCUT2D eigenvalue weighted by Gasteiger charge is 2.13. The van der Waals surface area contributed by atoms with Gasteiger partial charge in [0.2, 0.25) is 5.91 Å². The monoisotopic (exact) mass is 229 g/mol. The van der Waals surface area contributed by atoms with Crippen LogP contribution in [0.25, 0.3) is 0 Å². The number of hydrogen-bond acceptors (Lipinski definition) is 2. The van der Waals surface area contributed by atoms with Gasteiger partial charge in [0.15, 0.2) is 0 Å². The van der Waals surface area contributed by atoms with Gasteiger partial charge in [-0.05, 0) is 32.6 Å². The van der Waals surface area contributed by atoms with E-state index in [2.05, 4.69) is 26.1 Å². The average molecular weight is 229 g/mol. The predicted molar refractivity (Wildman–Crippen MR) is 67.4 cm³/mol. The van der Waals surface area contributed by atoms with Crippen LogP contribution in [0.5, 0.6) is 0 Å². The zero-order valence-electron chi connectivity index (χ0n) is 11.6. The molecular formula is C13H27NO2. The predicted octanol–water partition coefficient (Wildman–Crippen LogP) is 2.74.